The fourth-order valence-electron chi connectivity index (χ4n) is 4.68. The molecule has 212 valence electrons. The molecule has 0 bridgehead atoms. The van der Waals surface area contributed by atoms with E-state index in [1.54, 1.807) is 23.5 Å². The smallest absolute Gasteiger partial charge is 0.303 e. The Morgan fingerprint density at radius 3 is 2.25 bits per heavy atom. The van der Waals surface area contributed by atoms with Crippen LogP contribution in [-0.4, -0.2) is 54.0 Å². The van der Waals surface area contributed by atoms with Crippen LogP contribution >= 0.6 is 11.3 Å². The maximum absolute atomic E-state index is 13.3. The molecule has 0 radical (unpaired) electrons. The lowest BCUT2D eigenvalue weighted by molar-refractivity contribution is -0.248. The predicted octanol–water partition coefficient (Wildman–Crippen LogP) is 4.68. The van der Waals surface area contributed by atoms with Crippen molar-refractivity contribution in [2.75, 3.05) is 6.61 Å². The Labute approximate surface area is 235 Å². The van der Waals surface area contributed by atoms with Gasteiger partial charge in [-0.05, 0) is 53.4 Å². The number of carbonyl (C=O) groups excluding carboxylic acids is 3. The molecule has 0 spiro atoms. The number of esters is 3. The number of thiophene rings is 1. The molecule has 2 heterocycles. The normalized spacial score (nSPS) is 22.4. The van der Waals surface area contributed by atoms with Gasteiger partial charge in [-0.1, -0.05) is 30.3 Å². The van der Waals surface area contributed by atoms with E-state index < -0.39 is 48.4 Å². The van der Waals surface area contributed by atoms with E-state index >= 15 is 0 Å². The minimum Gasteiger partial charge on any atom is -0.463 e. The summed E-state index contributed by atoms with van der Waals surface area (Å²) in [6, 6.07) is 16.0. The molecule has 0 amide bonds. The Morgan fingerprint density at radius 2 is 1.60 bits per heavy atom. The summed E-state index contributed by atoms with van der Waals surface area (Å²) >= 11 is 1.60. The molecule has 1 aromatic heterocycles. The molecule has 1 saturated heterocycles. The first kappa shape index (κ1) is 29.4. The Bertz CT molecular complexity index is 1370. The van der Waals surface area contributed by atoms with E-state index in [0.717, 1.165) is 26.4 Å². The third kappa shape index (κ3) is 7.12. The van der Waals surface area contributed by atoms with Gasteiger partial charge in [0.15, 0.2) is 12.2 Å². The molecule has 0 saturated carbocycles. The van der Waals surface area contributed by atoms with Gasteiger partial charge in [-0.3, -0.25) is 14.4 Å². The van der Waals surface area contributed by atoms with Crippen LogP contribution in [0.3, 0.4) is 0 Å². The SMILES string of the molecule is CC(=O)OC[C@H]1O[C@@H](c2ccc(C)c(Cc3ccc(-c4ccc(F)cc4)s3)c2)[C@H](OC(C)=O)[C@@H](O)[C@@H]1OC(C)=O. The van der Waals surface area contributed by atoms with E-state index in [4.69, 9.17) is 18.9 Å². The van der Waals surface area contributed by atoms with Crippen LogP contribution in [0.15, 0.2) is 54.6 Å². The summed E-state index contributed by atoms with van der Waals surface area (Å²) in [5.74, 6) is -2.16. The van der Waals surface area contributed by atoms with Crippen molar-refractivity contribution in [3.05, 3.63) is 82.0 Å². The van der Waals surface area contributed by atoms with Gasteiger partial charge in [0.25, 0.3) is 0 Å². The van der Waals surface area contributed by atoms with Gasteiger partial charge >= 0.3 is 17.9 Å². The summed E-state index contributed by atoms with van der Waals surface area (Å²) < 4.78 is 35.4. The van der Waals surface area contributed by atoms with Crippen molar-refractivity contribution in [1.82, 2.24) is 0 Å². The number of aliphatic hydroxyl groups excluding tert-OH is 1. The van der Waals surface area contributed by atoms with E-state index in [-0.39, 0.29) is 12.4 Å². The number of halogens is 1. The molecule has 5 atom stereocenters. The number of aryl methyl sites for hydroxylation is 1. The lowest BCUT2D eigenvalue weighted by atomic mass is 9.89. The zero-order valence-corrected chi connectivity index (χ0v) is 23.4. The van der Waals surface area contributed by atoms with E-state index in [1.165, 1.54) is 32.9 Å². The summed E-state index contributed by atoms with van der Waals surface area (Å²) in [7, 11) is 0. The summed E-state index contributed by atoms with van der Waals surface area (Å²) in [6.07, 6.45) is -5.17. The largest absolute Gasteiger partial charge is 0.463 e. The molecule has 1 fully saturated rings. The van der Waals surface area contributed by atoms with Crippen LogP contribution < -0.4 is 0 Å². The maximum atomic E-state index is 13.3. The second kappa shape index (κ2) is 12.7. The highest BCUT2D eigenvalue weighted by Crippen LogP contribution is 2.37. The van der Waals surface area contributed by atoms with Crippen molar-refractivity contribution >= 4 is 29.2 Å². The fraction of sp³-hybridized carbons (Fsp3) is 0.367. The van der Waals surface area contributed by atoms with Crippen LogP contribution in [0.25, 0.3) is 10.4 Å². The number of aliphatic hydroxyl groups is 1. The van der Waals surface area contributed by atoms with E-state index in [0.29, 0.717) is 12.0 Å². The first-order chi connectivity index (χ1) is 19.0. The average molecular weight is 571 g/mol. The minimum atomic E-state index is -1.44. The number of rotatable bonds is 8. The molecular weight excluding hydrogens is 539 g/mol. The van der Waals surface area contributed by atoms with E-state index in [9.17, 15) is 23.9 Å². The Kier molecular flexibility index (Phi) is 9.34. The van der Waals surface area contributed by atoms with Crippen LogP contribution in [-0.2, 0) is 39.8 Å². The first-order valence-corrected chi connectivity index (χ1v) is 13.6. The van der Waals surface area contributed by atoms with E-state index in [1.807, 2.05) is 37.3 Å². The highest BCUT2D eigenvalue weighted by molar-refractivity contribution is 7.15. The summed E-state index contributed by atoms with van der Waals surface area (Å²) in [5, 5.41) is 11.2. The van der Waals surface area contributed by atoms with Crippen molar-refractivity contribution in [1.29, 1.82) is 0 Å². The second-order valence-electron chi connectivity index (χ2n) is 9.67. The van der Waals surface area contributed by atoms with Gasteiger partial charge in [0.05, 0.1) is 0 Å². The van der Waals surface area contributed by atoms with Gasteiger partial charge < -0.3 is 24.1 Å². The average Bonchev–Trinajstić information content (AvgIpc) is 3.35. The second-order valence-corrected chi connectivity index (χ2v) is 10.8. The summed E-state index contributed by atoms with van der Waals surface area (Å²) in [6.45, 7) is 5.34. The molecule has 0 unspecified atom stereocenters. The van der Waals surface area contributed by atoms with Crippen molar-refractivity contribution in [3.63, 3.8) is 0 Å². The number of carbonyl (C=O) groups is 3. The maximum Gasteiger partial charge on any atom is 0.303 e. The molecule has 4 rings (SSSR count). The predicted molar refractivity (Wildman–Crippen MR) is 145 cm³/mol. The van der Waals surface area contributed by atoms with Gasteiger partial charge in [-0.15, -0.1) is 11.3 Å². The number of hydrogen-bond donors (Lipinski definition) is 1. The lowest BCUT2D eigenvalue weighted by Gasteiger charge is -2.43. The molecule has 8 nitrogen and oxygen atoms in total. The highest BCUT2D eigenvalue weighted by Gasteiger charge is 2.49. The van der Waals surface area contributed by atoms with Crippen LogP contribution in [0.5, 0.6) is 0 Å². The zero-order valence-electron chi connectivity index (χ0n) is 22.6. The number of hydrogen-bond acceptors (Lipinski definition) is 9. The van der Waals surface area contributed by atoms with Gasteiger partial charge in [0.1, 0.15) is 30.7 Å². The molecule has 0 aliphatic carbocycles. The third-order valence-electron chi connectivity index (χ3n) is 6.57. The highest BCUT2D eigenvalue weighted by atomic mass is 32.1. The molecule has 1 aliphatic rings. The topological polar surface area (TPSA) is 108 Å². The Hall–Kier alpha value is -3.60. The van der Waals surface area contributed by atoms with Crippen molar-refractivity contribution in [2.45, 2.75) is 64.6 Å². The quantitative estimate of drug-likeness (QED) is 0.307. The van der Waals surface area contributed by atoms with Crippen LogP contribution in [0.4, 0.5) is 4.39 Å². The Morgan fingerprint density at radius 1 is 0.925 bits per heavy atom. The first-order valence-electron chi connectivity index (χ1n) is 12.8. The summed E-state index contributed by atoms with van der Waals surface area (Å²) in [5.41, 5.74) is 3.58. The monoisotopic (exact) mass is 570 g/mol. The Balaban J connectivity index is 1.63. The molecule has 2 aromatic carbocycles. The van der Waals surface area contributed by atoms with Crippen LogP contribution in [0, 0.1) is 12.7 Å². The molecule has 1 aliphatic heterocycles. The fourth-order valence-corrected chi connectivity index (χ4v) is 5.72. The van der Waals surface area contributed by atoms with Crippen molar-refractivity contribution < 1.29 is 42.8 Å². The minimum absolute atomic E-state index is 0.270. The van der Waals surface area contributed by atoms with Crippen molar-refractivity contribution in [3.8, 4) is 10.4 Å². The number of benzene rings is 2. The van der Waals surface area contributed by atoms with Crippen LogP contribution in [0.2, 0.25) is 0 Å². The third-order valence-corrected chi connectivity index (χ3v) is 7.71. The van der Waals surface area contributed by atoms with Gasteiger partial charge in [0, 0.05) is 36.9 Å². The lowest BCUT2D eigenvalue weighted by Crippen LogP contribution is -2.58. The van der Waals surface area contributed by atoms with Gasteiger partial charge in [0.2, 0.25) is 0 Å². The van der Waals surface area contributed by atoms with Crippen LogP contribution in [0.1, 0.15) is 48.4 Å². The molecule has 40 heavy (non-hydrogen) atoms. The van der Waals surface area contributed by atoms with Gasteiger partial charge in [-0.25, -0.2) is 4.39 Å². The summed E-state index contributed by atoms with van der Waals surface area (Å²) in [4.78, 5) is 37.3. The van der Waals surface area contributed by atoms with E-state index in [2.05, 4.69) is 0 Å². The number of ether oxygens (including phenoxy) is 4. The molecule has 1 N–H and O–H groups in total. The van der Waals surface area contributed by atoms with Gasteiger partial charge in [-0.2, -0.15) is 0 Å². The standard InChI is InChI=1S/C30H31FO8S/c1-16-5-6-21(13-22(16)14-24-11-12-26(40-24)20-7-9-23(31)10-8-20)28-30(38-19(4)34)27(35)29(37-18(3)33)25(39-28)15-36-17(2)32/h5-13,25,27-30,35H,14-15H2,1-4H3/t25-,27+,28+,29-,30-/m1/s1. The molecular formula is C30H31FO8S. The zero-order chi connectivity index (χ0) is 29.0. The van der Waals surface area contributed by atoms with Crippen molar-refractivity contribution in [2.24, 2.45) is 0 Å². The molecule has 3 aromatic rings. The molecule has 10 heteroatoms.